The Hall–Kier alpha value is -1.65. The van der Waals surface area contributed by atoms with Crippen LogP contribution >= 0.6 is 24.0 Å². The Labute approximate surface area is 196 Å². The lowest BCUT2D eigenvalue weighted by Gasteiger charge is -2.32. The molecule has 7 nitrogen and oxygen atoms in total. The minimum absolute atomic E-state index is 0. The molecule has 1 N–H and O–H groups in total. The molecule has 164 valence electrons. The average Bonchev–Trinajstić information content (AvgIpc) is 3.43. The number of halogens is 1. The van der Waals surface area contributed by atoms with Crippen molar-refractivity contribution in [2.75, 3.05) is 53.0 Å². The minimum atomic E-state index is 0. The van der Waals surface area contributed by atoms with Crippen LogP contribution in [0.15, 0.2) is 47.7 Å². The topological polar surface area (TPSA) is 57.9 Å². The first-order valence-corrected chi connectivity index (χ1v) is 10.6. The van der Waals surface area contributed by atoms with Crippen molar-refractivity contribution in [3.8, 4) is 0 Å². The van der Waals surface area contributed by atoms with Crippen molar-refractivity contribution in [1.29, 1.82) is 0 Å². The van der Waals surface area contributed by atoms with Crippen molar-refractivity contribution < 1.29 is 4.74 Å². The molecular weight excluding hydrogens is 491 g/mol. The van der Waals surface area contributed by atoms with Crippen LogP contribution in [0.2, 0.25) is 0 Å². The van der Waals surface area contributed by atoms with E-state index >= 15 is 0 Å². The smallest absolute Gasteiger partial charge is 0.193 e. The van der Waals surface area contributed by atoms with E-state index in [-0.39, 0.29) is 24.0 Å². The summed E-state index contributed by atoms with van der Waals surface area (Å²) in [7, 11) is 1.88. The van der Waals surface area contributed by atoms with Crippen LogP contribution in [0, 0.1) is 0 Å². The highest BCUT2D eigenvalue weighted by Gasteiger charge is 2.30. The highest BCUT2D eigenvalue weighted by atomic mass is 127. The summed E-state index contributed by atoms with van der Waals surface area (Å²) in [5.74, 6) is 2.10. The number of nitrogens with zero attached hydrogens (tertiary/aromatic N) is 5. The standard InChI is InChI=1S/C22H32N6O.HI/c1-23-22(28-11-8-20(18-28)26-13-15-29-16-14-26)25-9-7-21-24-10-12-27(21)17-19-5-3-2-4-6-19;/h2-6,10,12,20H,7-9,11,13-18H2,1H3,(H,23,25);1H. The molecule has 0 amide bonds. The summed E-state index contributed by atoms with van der Waals surface area (Å²) < 4.78 is 7.72. The van der Waals surface area contributed by atoms with Crippen LogP contribution < -0.4 is 5.32 Å². The van der Waals surface area contributed by atoms with E-state index in [1.165, 1.54) is 12.0 Å². The largest absolute Gasteiger partial charge is 0.379 e. The van der Waals surface area contributed by atoms with Crippen molar-refractivity contribution in [3.63, 3.8) is 0 Å². The van der Waals surface area contributed by atoms with E-state index in [4.69, 9.17) is 4.74 Å². The van der Waals surface area contributed by atoms with Gasteiger partial charge in [-0.2, -0.15) is 0 Å². The van der Waals surface area contributed by atoms with Gasteiger partial charge in [-0.3, -0.25) is 9.89 Å². The van der Waals surface area contributed by atoms with Crippen LogP contribution in [-0.2, 0) is 17.7 Å². The van der Waals surface area contributed by atoms with Gasteiger partial charge in [0, 0.05) is 71.2 Å². The first-order valence-electron chi connectivity index (χ1n) is 10.6. The predicted octanol–water partition coefficient (Wildman–Crippen LogP) is 2.07. The van der Waals surface area contributed by atoms with Gasteiger partial charge in [0.05, 0.1) is 13.2 Å². The number of hydrogen-bond donors (Lipinski definition) is 1. The summed E-state index contributed by atoms with van der Waals surface area (Å²) in [6.45, 7) is 7.61. The normalized spacial score (nSPS) is 20.2. The van der Waals surface area contributed by atoms with Crippen LogP contribution in [0.5, 0.6) is 0 Å². The monoisotopic (exact) mass is 524 g/mol. The van der Waals surface area contributed by atoms with Crippen molar-refractivity contribution in [3.05, 3.63) is 54.1 Å². The molecule has 4 rings (SSSR count). The maximum absolute atomic E-state index is 5.49. The third kappa shape index (κ3) is 5.95. The number of imidazole rings is 1. The fourth-order valence-corrected chi connectivity index (χ4v) is 4.29. The highest BCUT2D eigenvalue weighted by Crippen LogP contribution is 2.17. The molecule has 2 aromatic rings. The van der Waals surface area contributed by atoms with Crippen LogP contribution in [0.1, 0.15) is 17.8 Å². The highest BCUT2D eigenvalue weighted by molar-refractivity contribution is 14.0. The van der Waals surface area contributed by atoms with Gasteiger partial charge in [0.15, 0.2) is 5.96 Å². The lowest BCUT2D eigenvalue weighted by atomic mass is 10.2. The number of aromatic nitrogens is 2. The van der Waals surface area contributed by atoms with Gasteiger partial charge in [-0.25, -0.2) is 4.98 Å². The molecule has 0 aliphatic carbocycles. The molecule has 2 aliphatic heterocycles. The van der Waals surface area contributed by atoms with Crippen molar-refractivity contribution in [2.24, 2.45) is 4.99 Å². The molecule has 2 aliphatic rings. The molecule has 0 saturated carbocycles. The third-order valence-corrected chi connectivity index (χ3v) is 5.87. The van der Waals surface area contributed by atoms with E-state index in [1.807, 2.05) is 13.2 Å². The number of ether oxygens (including phenoxy) is 1. The lowest BCUT2D eigenvalue weighted by Crippen LogP contribution is -2.47. The van der Waals surface area contributed by atoms with Gasteiger partial charge < -0.3 is 19.5 Å². The summed E-state index contributed by atoms with van der Waals surface area (Å²) >= 11 is 0. The van der Waals surface area contributed by atoms with Crippen molar-refractivity contribution in [1.82, 2.24) is 24.7 Å². The minimum Gasteiger partial charge on any atom is -0.379 e. The summed E-state index contributed by atoms with van der Waals surface area (Å²) in [5.41, 5.74) is 1.29. The van der Waals surface area contributed by atoms with Gasteiger partial charge in [0.25, 0.3) is 0 Å². The number of hydrogen-bond acceptors (Lipinski definition) is 4. The van der Waals surface area contributed by atoms with E-state index in [2.05, 4.69) is 66.2 Å². The third-order valence-electron chi connectivity index (χ3n) is 5.87. The van der Waals surface area contributed by atoms with Gasteiger partial charge in [0.1, 0.15) is 5.82 Å². The van der Waals surface area contributed by atoms with E-state index in [0.717, 1.165) is 70.7 Å². The zero-order valence-electron chi connectivity index (χ0n) is 17.7. The number of rotatable bonds is 6. The Morgan fingerprint density at radius 3 is 2.77 bits per heavy atom. The zero-order chi connectivity index (χ0) is 19.9. The SMILES string of the molecule is CN=C(NCCc1nccn1Cc1ccccc1)N1CCC(N2CCOCC2)C1.I. The van der Waals surface area contributed by atoms with Gasteiger partial charge in [-0.15, -0.1) is 24.0 Å². The fourth-order valence-electron chi connectivity index (χ4n) is 4.29. The molecule has 2 saturated heterocycles. The van der Waals surface area contributed by atoms with Gasteiger partial charge in [0.2, 0.25) is 0 Å². The second kappa shape index (κ2) is 11.7. The number of morpholine rings is 1. The van der Waals surface area contributed by atoms with E-state index in [1.54, 1.807) is 0 Å². The zero-order valence-corrected chi connectivity index (χ0v) is 20.1. The maximum atomic E-state index is 5.49. The Bertz CT molecular complexity index is 790. The van der Waals surface area contributed by atoms with Crippen LogP contribution in [-0.4, -0.2) is 84.3 Å². The van der Waals surface area contributed by atoms with Gasteiger partial charge in [-0.05, 0) is 12.0 Å². The van der Waals surface area contributed by atoms with E-state index in [9.17, 15) is 0 Å². The molecule has 0 radical (unpaired) electrons. The molecule has 1 aromatic heterocycles. The molecule has 3 heterocycles. The number of nitrogens with one attached hydrogen (secondary N) is 1. The molecule has 1 atom stereocenters. The number of guanidine groups is 1. The molecule has 8 heteroatoms. The quantitative estimate of drug-likeness (QED) is 0.357. The van der Waals surface area contributed by atoms with Gasteiger partial charge >= 0.3 is 0 Å². The Morgan fingerprint density at radius 1 is 1.20 bits per heavy atom. The van der Waals surface area contributed by atoms with E-state index < -0.39 is 0 Å². The number of likely N-dealkylation sites (tertiary alicyclic amines) is 1. The lowest BCUT2D eigenvalue weighted by molar-refractivity contribution is 0.0195. The first kappa shape index (κ1) is 23.0. The first-order chi connectivity index (χ1) is 14.3. The average molecular weight is 524 g/mol. The summed E-state index contributed by atoms with van der Waals surface area (Å²) in [4.78, 5) is 14.0. The molecular formula is C22H33IN6O. The molecule has 0 bridgehead atoms. The van der Waals surface area contributed by atoms with Crippen LogP contribution in [0.3, 0.4) is 0 Å². The fraction of sp³-hybridized carbons (Fsp3) is 0.545. The van der Waals surface area contributed by atoms with Crippen molar-refractivity contribution >= 4 is 29.9 Å². The molecule has 2 fully saturated rings. The predicted molar refractivity (Wildman–Crippen MR) is 131 cm³/mol. The molecule has 1 unspecified atom stereocenters. The Morgan fingerprint density at radius 2 is 2.00 bits per heavy atom. The summed E-state index contributed by atoms with van der Waals surface area (Å²) in [6.07, 6.45) is 6.02. The number of aliphatic imine (C=N–C) groups is 1. The summed E-state index contributed by atoms with van der Waals surface area (Å²) in [6, 6.07) is 11.1. The maximum Gasteiger partial charge on any atom is 0.193 e. The molecule has 1 aromatic carbocycles. The second-order valence-electron chi connectivity index (χ2n) is 7.72. The Kier molecular flexibility index (Phi) is 8.95. The van der Waals surface area contributed by atoms with Crippen molar-refractivity contribution in [2.45, 2.75) is 25.4 Å². The molecule has 0 spiro atoms. The Balaban J connectivity index is 0.00000256. The van der Waals surface area contributed by atoms with Gasteiger partial charge in [-0.1, -0.05) is 30.3 Å². The molecule has 30 heavy (non-hydrogen) atoms. The number of benzene rings is 1. The summed E-state index contributed by atoms with van der Waals surface area (Å²) in [5, 5.41) is 3.54. The van der Waals surface area contributed by atoms with E-state index in [0.29, 0.717) is 6.04 Å². The van der Waals surface area contributed by atoms with Crippen LogP contribution in [0.4, 0.5) is 0 Å². The second-order valence-corrected chi connectivity index (χ2v) is 7.72. The van der Waals surface area contributed by atoms with Crippen LogP contribution in [0.25, 0.3) is 0 Å².